The summed E-state index contributed by atoms with van der Waals surface area (Å²) in [6.45, 7) is 7.02. The summed E-state index contributed by atoms with van der Waals surface area (Å²) in [6.07, 6.45) is 0. The predicted molar refractivity (Wildman–Crippen MR) is 65.9 cm³/mol. The average Bonchev–Trinajstić information content (AvgIpc) is 2.02. The summed E-state index contributed by atoms with van der Waals surface area (Å²) in [5.41, 5.74) is 1.29. The lowest BCUT2D eigenvalue weighted by molar-refractivity contribution is 1.24. The van der Waals surface area contributed by atoms with Crippen LogP contribution in [0, 0.1) is 0 Å². The number of halogens is 1. The molecule has 3 heteroatoms. The van der Waals surface area contributed by atoms with Crippen molar-refractivity contribution in [3.63, 3.8) is 0 Å². The summed E-state index contributed by atoms with van der Waals surface area (Å²) >= 11 is 3.57. The summed E-state index contributed by atoms with van der Waals surface area (Å²) in [5, 5.41) is 0. The Bertz CT molecular complexity index is 293. The van der Waals surface area contributed by atoms with Crippen LogP contribution in [-0.4, -0.2) is 15.3 Å². The van der Waals surface area contributed by atoms with Gasteiger partial charge in [-0.1, -0.05) is 31.8 Å². The van der Waals surface area contributed by atoms with E-state index >= 15 is 0 Å². The molecule has 0 aromatic heterocycles. The van der Waals surface area contributed by atoms with E-state index in [1.165, 1.54) is 10.2 Å². The lowest BCUT2D eigenvalue weighted by Gasteiger charge is -2.33. The first-order valence-electron chi connectivity index (χ1n) is 4.41. The summed E-state index contributed by atoms with van der Waals surface area (Å²) in [6, 6.07) is 8.37. The molecule has 0 saturated heterocycles. The molecule has 1 nitrogen and oxygen atoms in total. The fraction of sp³-hybridized carbons (Fsp3) is 0.400. The van der Waals surface area contributed by atoms with Crippen molar-refractivity contribution < 1.29 is 0 Å². The van der Waals surface area contributed by atoms with Crippen molar-refractivity contribution in [1.82, 2.24) is 0 Å². The van der Waals surface area contributed by atoms with Crippen LogP contribution in [0.25, 0.3) is 0 Å². The van der Waals surface area contributed by atoms with E-state index in [0.717, 1.165) is 0 Å². The van der Waals surface area contributed by atoms with Crippen LogP contribution < -0.4 is 4.57 Å². The predicted octanol–water partition coefficient (Wildman–Crippen LogP) is 3.72. The molecule has 0 aliphatic heterocycles. The van der Waals surface area contributed by atoms with Gasteiger partial charge in [-0.2, -0.15) is 0 Å². The summed E-state index contributed by atoms with van der Waals surface area (Å²) < 4.78 is 3.58. The second kappa shape index (κ2) is 3.84. The number of nitrogens with zero attached hydrogens (tertiary/aromatic N) is 1. The van der Waals surface area contributed by atoms with Gasteiger partial charge in [0.15, 0.2) is 0 Å². The maximum atomic E-state index is 3.57. The molecule has 0 saturated carbocycles. The van der Waals surface area contributed by atoms with E-state index in [0.29, 0.717) is 0 Å². The normalized spacial score (nSPS) is 11.5. The Hall–Kier alpha value is -0.283. The van der Waals surface area contributed by atoms with Gasteiger partial charge in [-0.05, 0) is 35.1 Å². The minimum atomic E-state index is -1.23. The van der Waals surface area contributed by atoms with Gasteiger partial charge in [0, 0.05) is 10.2 Å². The van der Waals surface area contributed by atoms with E-state index in [4.69, 9.17) is 0 Å². The Balaban J connectivity index is 3.02. The highest BCUT2D eigenvalue weighted by Gasteiger charge is 2.21. The molecule has 0 fully saturated rings. The van der Waals surface area contributed by atoms with E-state index in [-0.39, 0.29) is 0 Å². The quantitative estimate of drug-likeness (QED) is 0.731. The van der Waals surface area contributed by atoms with Crippen molar-refractivity contribution in [2.75, 3.05) is 11.6 Å². The molecule has 0 bridgehead atoms. The Morgan fingerprint density at radius 1 is 1.15 bits per heavy atom. The van der Waals surface area contributed by atoms with Crippen molar-refractivity contribution >= 4 is 29.9 Å². The van der Waals surface area contributed by atoms with E-state index in [2.05, 4.69) is 65.4 Å². The average molecular weight is 258 g/mol. The molecule has 0 amide bonds. The van der Waals surface area contributed by atoms with Crippen LogP contribution in [0.2, 0.25) is 19.6 Å². The zero-order valence-corrected chi connectivity index (χ0v) is 11.2. The summed E-state index contributed by atoms with van der Waals surface area (Å²) in [4.78, 5) is 0. The maximum Gasteiger partial charge on any atom is 0.147 e. The zero-order valence-electron chi connectivity index (χ0n) is 8.63. The summed E-state index contributed by atoms with van der Waals surface area (Å²) in [5.74, 6) is 0. The molecule has 1 aromatic carbocycles. The highest BCUT2D eigenvalue weighted by atomic mass is 79.9. The number of rotatable bonds is 2. The number of anilines is 1. The maximum absolute atomic E-state index is 3.57. The third-order valence-corrected chi connectivity index (χ3v) is 5.14. The molecule has 0 unspecified atom stereocenters. The molecule has 0 N–H and O–H groups in total. The molecule has 0 radical (unpaired) electrons. The SMILES string of the molecule is CN(c1ccccc1Br)[Si](C)(C)C. The van der Waals surface area contributed by atoms with Crippen LogP contribution in [0.4, 0.5) is 5.69 Å². The molecule has 1 rings (SSSR count). The Morgan fingerprint density at radius 2 is 1.69 bits per heavy atom. The Labute approximate surface area is 90.0 Å². The number of benzene rings is 1. The second-order valence-corrected chi connectivity index (χ2v) is 10.0. The third-order valence-electron chi connectivity index (χ3n) is 2.22. The topological polar surface area (TPSA) is 3.24 Å². The molecule has 0 heterocycles. The molecule has 1 aromatic rings. The van der Waals surface area contributed by atoms with Crippen molar-refractivity contribution in [3.05, 3.63) is 28.7 Å². The van der Waals surface area contributed by atoms with Crippen molar-refractivity contribution in [1.29, 1.82) is 0 Å². The number of hydrogen-bond acceptors (Lipinski definition) is 1. The largest absolute Gasteiger partial charge is 0.400 e. The monoisotopic (exact) mass is 257 g/mol. The van der Waals surface area contributed by atoms with Gasteiger partial charge in [-0.3, -0.25) is 0 Å². The first kappa shape index (κ1) is 10.8. The van der Waals surface area contributed by atoms with E-state index in [1.54, 1.807) is 0 Å². The van der Waals surface area contributed by atoms with E-state index in [1.807, 2.05) is 6.07 Å². The van der Waals surface area contributed by atoms with Crippen molar-refractivity contribution in [3.8, 4) is 0 Å². The molecule has 0 aliphatic carbocycles. The Morgan fingerprint density at radius 3 is 2.15 bits per heavy atom. The van der Waals surface area contributed by atoms with Crippen molar-refractivity contribution in [2.45, 2.75) is 19.6 Å². The van der Waals surface area contributed by atoms with Gasteiger partial charge in [-0.25, -0.2) is 0 Å². The second-order valence-electron chi connectivity index (χ2n) is 4.18. The third kappa shape index (κ3) is 2.58. The first-order valence-corrected chi connectivity index (χ1v) is 8.65. The van der Waals surface area contributed by atoms with E-state index in [9.17, 15) is 0 Å². The van der Waals surface area contributed by atoms with Crippen LogP contribution in [0.15, 0.2) is 28.7 Å². The smallest absolute Gasteiger partial charge is 0.147 e. The standard InChI is InChI=1S/C10H16BrNSi/c1-12(13(2,3)4)10-8-6-5-7-9(10)11/h5-8H,1-4H3. The fourth-order valence-corrected chi connectivity index (χ4v) is 2.72. The molecule has 0 aliphatic rings. The van der Waals surface area contributed by atoms with Gasteiger partial charge in [0.25, 0.3) is 0 Å². The fourth-order valence-electron chi connectivity index (χ4n) is 1.09. The summed E-state index contributed by atoms with van der Waals surface area (Å²) in [7, 11) is 0.943. The van der Waals surface area contributed by atoms with Crippen molar-refractivity contribution in [2.24, 2.45) is 0 Å². The van der Waals surface area contributed by atoms with Crippen LogP contribution >= 0.6 is 15.9 Å². The van der Waals surface area contributed by atoms with Gasteiger partial charge >= 0.3 is 0 Å². The van der Waals surface area contributed by atoms with Crippen LogP contribution in [0.1, 0.15) is 0 Å². The highest BCUT2D eigenvalue weighted by Crippen LogP contribution is 2.27. The zero-order chi connectivity index (χ0) is 10.1. The molecule has 0 spiro atoms. The Kier molecular flexibility index (Phi) is 3.19. The van der Waals surface area contributed by atoms with Crippen LogP contribution in [-0.2, 0) is 0 Å². The number of para-hydroxylation sites is 1. The van der Waals surface area contributed by atoms with Gasteiger partial charge in [0.2, 0.25) is 0 Å². The molecule has 72 valence electrons. The van der Waals surface area contributed by atoms with Gasteiger partial charge in [0.05, 0.1) is 0 Å². The molecule has 0 atom stereocenters. The molecular weight excluding hydrogens is 242 g/mol. The van der Waals surface area contributed by atoms with Gasteiger partial charge in [0.1, 0.15) is 8.24 Å². The molecular formula is C10H16BrNSi. The van der Waals surface area contributed by atoms with Gasteiger partial charge < -0.3 is 4.57 Å². The lowest BCUT2D eigenvalue weighted by Crippen LogP contribution is -2.43. The molecule has 13 heavy (non-hydrogen) atoms. The first-order chi connectivity index (χ1) is 5.93. The minimum Gasteiger partial charge on any atom is -0.400 e. The van der Waals surface area contributed by atoms with Crippen LogP contribution in [0.3, 0.4) is 0 Å². The lowest BCUT2D eigenvalue weighted by atomic mass is 10.3. The highest BCUT2D eigenvalue weighted by molar-refractivity contribution is 9.10. The van der Waals surface area contributed by atoms with Crippen LogP contribution in [0.5, 0.6) is 0 Å². The number of hydrogen-bond donors (Lipinski definition) is 0. The van der Waals surface area contributed by atoms with E-state index < -0.39 is 8.24 Å². The minimum absolute atomic E-state index is 1.18. The van der Waals surface area contributed by atoms with Gasteiger partial charge in [-0.15, -0.1) is 0 Å².